The standard InChI is InChI=1S/C8H13F3N2O/c9-8(10,11)6(12)7(14)13-5-3-1-2-4-5/h5-6H,1-4,12H2,(H,13,14). The predicted molar refractivity (Wildman–Crippen MR) is 44.4 cm³/mol. The highest BCUT2D eigenvalue weighted by Gasteiger charge is 2.42. The third kappa shape index (κ3) is 2.87. The SMILES string of the molecule is NC(C(=O)NC1CCCC1)C(F)(F)F. The second-order valence-electron chi connectivity index (χ2n) is 3.51. The van der Waals surface area contributed by atoms with Gasteiger partial charge in [0.15, 0.2) is 6.04 Å². The van der Waals surface area contributed by atoms with Crippen LogP contribution in [-0.4, -0.2) is 24.2 Å². The van der Waals surface area contributed by atoms with Crippen molar-refractivity contribution in [3.05, 3.63) is 0 Å². The van der Waals surface area contributed by atoms with Gasteiger partial charge >= 0.3 is 6.18 Å². The molecule has 0 aromatic rings. The van der Waals surface area contributed by atoms with Crippen LogP contribution in [0.15, 0.2) is 0 Å². The summed E-state index contributed by atoms with van der Waals surface area (Å²) in [6.45, 7) is 0. The van der Waals surface area contributed by atoms with Crippen molar-refractivity contribution in [1.29, 1.82) is 0 Å². The smallest absolute Gasteiger partial charge is 0.352 e. The van der Waals surface area contributed by atoms with E-state index in [0.717, 1.165) is 25.7 Å². The van der Waals surface area contributed by atoms with E-state index in [1.807, 2.05) is 0 Å². The molecule has 1 unspecified atom stereocenters. The molecule has 1 amide bonds. The van der Waals surface area contributed by atoms with Crippen molar-refractivity contribution < 1.29 is 18.0 Å². The minimum Gasteiger partial charge on any atom is -0.352 e. The molecule has 0 aromatic heterocycles. The lowest BCUT2D eigenvalue weighted by Crippen LogP contribution is -2.52. The number of halogens is 3. The second-order valence-corrected chi connectivity index (χ2v) is 3.51. The summed E-state index contributed by atoms with van der Waals surface area (Å²) in [6, 6.07) is -2.53. The van der Waals surface area contributed by atoms with Gasteiger partial charge in [-0.25, -0.2) is 0 Å². The van der Waals surface area contributed by atoms with Crippen LogP contribution in [0.1, 0.15) is 25.7 Å². The Labute approximate surface area is 79.8 Å². The van der Waals surface area contributed by atoms with Crippen molar-refractivity contribution in [2.24, 2.45) is 5.73 Å². The molecule has 6 heteroatoms. The van der Waals surface area contributed by atoms with Crippen LogP contribution in [0.25, 0.3) is 0 Å². The molecule has 14 heavy (non-hydrogen) atoms. The van der Waals surface area contributed by atoms with E-state index >= 15 is 0 Å². The highest BCUT2D eigenvalue weighted by molar-refractivity contribution is 5.82. The molecule has 0 bridgehead atoms. The zero-order valence-electron chi connectivity index (χ0n) is 7.60. The Balaban J connectivity index is 2.41. The van der Waals surface area contributed by atoms with E-state index < -0.39 is 18.1 Å². The molecule has 0 radical (unpaired) electrons. The molecule has 1 aliphatic rings. The van der Waals surface area contributed by atoms with E-state index in [-0.39, 0.29) is 6.04 Å². The van der Waals surface area contributed by atoms with Crippen molar-refractivity contribution in [1.82, 2.24) is 5.32 Å². The van der Waals surface area contributed by atoms with Gasteiger partial charge in [0.2, 0.25) is 5.91 Å². The quantitative estimate of drug-likeness (QED) is 0.712. The molecule has 82 valence electrons. The van der Waals surface area contributed by atoms with Crippen molar-refractivity contribution >= 4 is 5.91 Å². The lowest BCUT2D eigenvalue weighted by molar-refractivity contribution is -0.163. The molecule has 1 fully saturated rings. The fraction of sp³-hybridized carbons (Fsp3) is 0.875. The summed E-state index contributed by atoms with van der Waals surface area (Å²) in [5.74, 6) is -1.12. The zero-order chi connectivity index (χ0) is 10.8. The highest BCUT2D eigenvalue weighted by Crippen LogP contribution is 2.21. The van der Waals surface area contributed by atoms with E-state index in [9.17, 15) is 18.0 Å². The highest BCUT2D eigenvalue weighted by atomic mass is 19.4. The van der Waals surface area contributed by atoms with E-state index in [2.05, 4.69) is 5.32 Å². The summed E-state index contributed by atoms with van der Waals surface area (Å²) >= 11 is 0. The Morgan fingerprint density at radius 2 is 1.86 bits per heavy atom. The Bertz CT molecular complexity index is 211. The van der Waals surface area contributed by atoms with Gasteiger partial charge in [0.05, 0.1) is 0 Å². The lowest BCUT2D eigenvalue weighted by atomic mass is 10.2. The van der Waals surface area contributed by atoms with Crippen LogP contribution in [0.4, 0.5) is 13.2 Å². The van der Waals surface area contributed by atoms with Crippen molar-refractivity contribution in [2.75, 3.05) is 0 Å². The number of nitrogens with two attached hydrogens (primary N) is 1. The predicted octanol–water partition coefficient (Wildman–Crippen LogP) is 0.935. The van der Waals surface area contributed by atoms with E-state index in [1.165, 1.54) is 0 Å². The number of hydrogen-bond donors (Lipinski definition) is 2. The van der Waals surface area contributed by atoms with Gasteiger partial charge in [-0.2, -0.15) is 13.2 Å². The van der Waals surface area contributed by atoms with Gasteiger partial charge in [-0.05, 0) is 12.8 Å². The third-order valence-corrected chi connectivity index (χ3v) is 2.34. The number of amides is 1. The first-order valence-corrected chi connectivity index (χ1v) is 4.54. The molecule has 0 saturated heterocycles. The summed E-state index contributed by atoms with van der Waals surface area (Å²) in [5.41, 5.74) is 4.74. The molecular formula is C8H13F3N2O. The van der Waals surface area contributed by atoms with Gasteiger partial charge in [0.1, 0.15) is 0 Å². The van der Waals surface area contributed by atoms with Gasteiger partial charge < -0.3 is 11.1 Å². The summed E-state index contributed by atoms with van der Waals surface area (Å²) < 4.78 is 36.0. The molecule has 3 nitrogen and oxygen atoms in total. The minimum absolute atomic E-state index is 0.129. The maximum absolute atomic E-state index is 12.0. The van der Waals surface area contributed by atoms with Crippen LogP contribution in [-0.2, 0) is 4.79 Å². The monoisotopic (exact) mass is 210 g/mol. The summed E-state index contributed by atoms with van der Waals surface area (Å²) in [4.78, 5) is 11.0. The van der Waals surface area contributed by atoms with E-state index in [1.54, 1.807) is 0 Å². The number of rotatable bonds is 2. The van der Waals surface area contributed by atoms with Crippen LogP contribution in [0.5, 0.6) is 0 Å². The van der Waals surface area contributed by atoms with Crippen molar-refractivity contribution in [2.45, 2.75) is 43.9 Å². The van der Waals surface area contributed by atoms with Crippen LogP contribution < -0.4 is 11.1 Å². The molecule has 1 rings (SSSR count). The Kier molecular flexibility index (Phi) is 3.36. The van der Waals surface area contributed by atoms with Crippen LogP contribution in [0, 0.1) is 0 Å². The Morgan fingerprint density at radius 1 is 1.36 bits per heavy atom. The fourth-order valence-corrected chi connectivity index (χ4v) is 1.51. The number of carbonyl (C=O) groups excluding carboxylic acids is 1. The molecular weight excluding hydrogens is 197 g/mol. The Morgan fingerprint density at radius 3 is 2.29 bits per heavy atom. The molecule has 1 aliphatic carbocycles. The fourth-order valence-electron chi connectivity index (χ4n) is 1.51. The van der Waals surface area contributed by atoms with Crippen LogP contribution >= 0.6 is 0 Å². The molecule has 3 N–H and O–H groups in total. The normalized spacial score (nSPS) is 20.9. The number of carbonyl (C=O) groups is 1. The first-order valence-electron chi connectivity index (χ1n) is 4.54. The summed E-state index contributed by atoms with van der Waals surface area (Å²) in [7, 11) is 0. The summed E-state index contributed by atoms with van der Waals surface area (Å²) in [5, 5.41) is 2.30. The topological polar surface area (TPSA) is 55.1 Å². The lowest BCUT2D eigenvalue weighted by Gasteiger charge is -2.18. The second kappa shape index (κ2) is 4.16. The average molecular weight is 210 g/mol. The Hall–Kier alpha value is -0.780. The third-order valence-electron chi connectivity index (χ3n) is 2.34. The molecule has 1 atom stereocenters. The van der Waals surface area contributed by atoms with E-state index in [0.29, 0.717) is 0 Å². The van der Waals surface area contributed by atoms with Crippen molar-refractivity contribution in [3.8, 4) is 0 Å². The number of nitrogens with one attached hydrogen (secondary N) is 1. The molecule has 1 saturated carbocycles. The maximum atomic E-state index is 12.0. The van der Waals surface area contributed by atoms with Gasteiger partial charge in [-0.1, -0.05) is 12.8 Å². The van der Waals surface area contributed by atoms with Crippen LogP contribution in [0.2, 0.25) is 0 Å². The average Bonchev–Trinajstić information content (AvgIpc) is 2.53. The molecule has 0 spiro atoms. The van der Waals surface area contributed by atoms with E-state index in [4.69, 9.17) is 5.73 Å². The van der Waals surface area contributed by atoms with Gasteiger partial charge in [0, 0.05) is 6.04 Å². The van der Waals surface area contributed by atoms with Crippen LogP contribution in [0.3, 0.4) is 0 Å². The first-order chi connectivity index (χ1) is 6.41. The molecule has 0 aromatic carbocycles. The van der Waals surface area contributed by atoms with Gasteiger partial charge in [0.25, 0.3) is 0 Å². The first kappa shape index (κ1) is 11.3. The minimum atomic E-state index is -4.65. The number of hydrogen-bond acceptors (Lipinski definition) is 2. The van der Waals surface area contributed by atoms with Gasteiger partial charge in [-0.15, -0.1) is 0 Å². The zero-order valence-corrected chi connectivity index (χ0v) is 7.60. The molecule has 0 heterocycles. The van der Waals surface area contributed by atoms with Gasteiger partial charge in [-0.3, -0.25) is 4.79 Å². The molecule has 0 aliphatic heterocycles. The number of alkyl halides is 3. The van der Waals surface area contributed by atoms with Crippen molar-refractivity contribution in [3.63, 3.8) is 0 Å². The maximum Gasteiger partial charge on any atom is 0.412 e. The largest absolute Gasteiger partial charge is 0.412 e. The summed E-state index contributed by atoms with van der Waals surface area (Å²) in [6.07, 6.45) is -1.26.